The highest BCUT2D eigenvalue weighted by molar-refractivity contribution is 6.96. The number of rotatable bonds is 2. The van der Waals surface area contributed by atoms with Crippen molar-refractivity contribution in [3.63, 3.8) is 0 Å². The molecule has 1 aliphatic carbocycles. The third kappa shape index (κ3) is 2.83. The molecule has 0 bridgehead atoms. The van der Waals surface area contributed by atoms with E-state index in [1.807, 2.05) is 0 Å². The van der Waals surface area contributed by atoms with Crippen molar-refractivity contribution in [2.24, 2.45) is 0 Å². The highest BCUT2D eigenvalue weighted by atomic mass is 15.0. The van der Waals surface area contributed by atoms with Crippen LogP contribution in [0.25, 0.3) is 38.6 Å². The van der Waals surface area contributed by atoms with Gasteiger partial charge < -0.3 is 4.57 Å². The van der Waals surface area contributed by atoms with E-state index in [0.29, 0.717) is 0 Å². The number of aromatic nitrogens is 1. The van der Waals surface area contributed by atoms with Gasteiger partial charge in [-0.1, -0.05) is 137 Å². The Kier molecular flexibility index (Phi) is 4.46. The van der Waals surface area contributed by atoms with Crippen molar-refractivity contribution in [1.29, 1.82) is 0 Å². The summed E-state index contributed by atoms with van der Waals surface area (Å²) in [7, 11) is 0. The average molecular weight is 507 g/mol. The molecule has 0 spiro atoms. The lowest BCUT2D eigenvalue weighted by Crippen LogP contribution is -2.57. The van der Waals surface area contributed by atoms with Crippen molar-refractivity contribution in [2.75, 3.05) is 0 Å². The van der Waals surface area contributed by atoms with Crippen LogP contribution in [0.15, 0.2) is 133 Å². The number of hydrogen-bond donors (Lipinski definition) is 0. The lowest BCUT2D eigenvalue weighted by molar-refractivity contribution is 1.02. The topological polar surface area (TPSA) is 4.93 Å². The maximum absolute atomic E-state index is 2.50. The summed E-state index contributed by atoms with van der Waals surface area (Å²) in [5.41, 5.74) is 16.4. The van der Waals surface area contributed by atoms with E-state index in [9.17, 15) is 0 Å². The third-order valence-corrected chi connectivity index (χ3v) is 9.25. The molecule has 0 N–H and O–H groups in total. The first-order chi connectivity index (χ1) is 19.8. The van der Waals surface area contributed by atoms with Crippen molar-refractivity contribution in [3.8, 4) is 16.8 Å². The minimum Gasteiger partial charge on any atom is -0.309 e. The van der Waals surface area contributed by atoms with Crippen LogP contribution in [0.3, 0.4) is 0 Å². The molecular formula is C38H26BN. The molecule has 7 aromatic rings. The molecule has 2 heterocycles. The SMILES string of the molecule is Cc1ccc(B2c3ccccc3C3c4ccccc4-c4c(-n5c6ccccc6c6ccccc65)ccc2c43)cc1. The van der Waals surface area contributed by atoms with Crippen molar-refractivity contribution in [1.82, 2.24) is 4.57 Å². The summed E-state index contributed by atoms with van der Waals surface area (Å²) in [6.45, 7) is 2.38. The third-order valence-electron chi connectivity index (χ3n) is 9.25. The molecule has 40 heavy (non-hydrogen) atoms. The van der Waals surface area contributed by atoms with Gasteiger partial charge in [0.05, 0.1) is 16.7 Å². The first kappa shape index (κ1) is 22.0. The van der Waals surface area contributed by atoms with Crippen LogP contribution in [0.5, 0.6) is 0 Å². The first-order valence-corrected chi connectivity index (χ1v) is 14.2. The quantitative estimate of drug-likeness (QED) is 0.220. The lowest BCUT2D eigenvalue weighted by Gasteiger charge is -2.32. The standard InChI is InChI=1S/C38H26BN/c1-24-18-20-25(21-19-24)39-31-15-7-4-14-30(31)36-28-12-2-3-13-29(28)37-35(23-22-32(39)38(36)37)40-33-16-8-5-10-26(33)27-11-6-9-17-34(27)40/h2-23,36H,1H3. The fourth-order valence-electron chi connectivity index (χ4n) is 7.62. The number of nitrogens with zero attached hydrogens (tertiary/aromatic N) is 1. The Labute approximate surface area is 234 Å². The molecule has 2 aliphatic rings. The smallest absolute Gasteiger partial charge is 0.242 e. The summed E-state index contributed by atoms with van der Waals surface area (Å²) in [5, 5.41) is 2.60. The van der Waals surface area contributed by atoms with Crippen LogP contribution in [0.2, 0.25) is 0 Å². The van der Waals surface area contributed by atoms with Gasteiger partial charge in [-0.3, -0.25) is 0 Å². The molecule has 186 valence electrons. The van der Waals surface area contributed by atoms with Crippen LogP contribution in [0, 0.1) is 6.92 Å². The molecule has 0 radical (unpaired) electrons. The number of benzene rings is 6. The van der Waals surface area contributed by atoms with Crippen LogP contribution in [0.1, 0.15) is 28.2 Å². The van der Waals surface area contributed by atoms with Gasteiger partial charge in [0.25, 0.3) is 0 Å². The normalized spacial score (nSPS) is 14.8. The largest absolute Gasteiger partial charge is 0.309 e. The van der Waals surface area contributed by atoms with E-state index in [1.54, 1.807) is 0 Å². The van der Waals surface area contributed by atoms with Gasteiger partial charge in [-0.2, -0.15) is 0 Å². The second-order valence-corrected chi connectivity index (χ2v) is 11.3. The molecule has 6 aromatic carbocycles. The molecule has 1 nitrogen and oxygen atoms in total. The van der Waals surface area contributed by atoms with E-state index in [0.717, 1.165) is 0 Å². The maximum Gasteiger partial charge on any atom is 0.242 e. The summed E-state index contributed by atoms with van der Waals surface area (Å²) in [5.74, 6) is 0.243. The first-order valence-electron chi connectivity index (χ1n) is 14.2. The zero-order chi connectivity index (χ0) is 26.4. The second-order valence-electron chi connectivity index (χ2n) is 11.3. The lowest BCUT2D eigenvalue weighted by atomic mass is 9.32. The zero-order valence-corrected chi connectivity index (χ0v) is 22.3. The average Bonchev–Trinajstić information content (AvgIpc) is 3.53. The summed E-state index contributed by atoms with van der Waals surface area (Å²) >= 11 is 0. The maximum atomic E-state index is 2.50. The van der Waals surface area contributed by atoms with E-state index in [2.05, 4.69) is 145 Å². The molecule has 1 unspecified atom stereocenters. The molecule has 2 heteroatoms. The highest BCUT2D eigenvalue weighted by Gasteiger charge is 2.43. The second kappa shape index (κ2) is 8.10. The Balaban J connectivity index is 1.43. The predicted molar refractivity (Wildman–Crippen MR) is 169 cm³/mol. The molecule has 0 fully saturated rings. The van der Waals surface area contributed by atoms with Gasteiger partial charge in [-0.05, 0) is 47.4 Å². The minimum atomic E-state index is 0.211. The van der Waals surface area contributed by atoms with Gasteiger partial charge in [0.15, 0.2) is 0 Å². The Morgan fingerprint density at radius 3 is 1.93 bits per heavy atom. The minimum absolute atomic E-state index is 0.211. The Hall–Kier alpha value is -4.82. The Morgan fingerprint density at radius 2 is 1.18 bits per heavy atom. The van der Waals surface area contributed by atoms with Crippen LogP contribution in [-0.2, 0) is 0 Å². The number of hydrogen-bond acceptors (Lipinski definition) is 0. The van der Waals surface area contributed by atoms with Crippen LogP contribution >= 0.6 is 0 Å². The summed E-state index contributed by atoms with van der Waals surface area (Å²) < 4.78 is 2.50. The van der Waals surface area contributed by atoms with Crippen LogP contribution < -0.4 is 16.4 Å². The highest BCUT2D eigenvalue weighted by Crippen LogP contribution is 2.51. The fourth-order valence-corrected chi connectivity index (χ4v) is 7.62. The van der Waals surface area contributed by atoms with Crippen molar-refractivity contribution in [2.45, 2.75) is 12.8 Å². The van der Waals surface area contributed by atoms with E-state index in [1.165, 1.54) is 77.3 Å². The predicted octanol–water partition coefficient (Wildman–Crippen LogP) is 7.08. The van der Waals surface area contributed by atoms with Crippen LogP contribution in [0.4, 0.5) is 0 Å². The number of aryl methyl sites for hydroxylation is 1. The van der Waals surface area contributed by atoms with Gasteiger partial charge in [0.2, 0.25) is 6.71 Å². The molecule has 1 aliphatic heterocycles. The van der Waals surface area contributed by atoms with Gasteiger partial charge >= 0.3 is 0 Å². The van der Waals surface area contributed by atoms with Crippen molar-refractivity contribution < 1.29 is 0 Å². The molecule has 0 saturated heterocycles. The number of fused-ring (bicyclic) bond motifs is 8. The molecule has 1 atom stereocenters. The van der Waals surface area contributed by atoms with Gasteiger partial charge in [0.1, 0.15) is 0 Å². The fraction of sp³-hybridized carbons (Fsp3) is 0.0526. The summed E-state index contributed by atoms with van der Waals surface area (Å²) in [6, 6.07) is 49.9. The number of para-hydroxylation sites is 2. The summed E-state index contributed by atoms with van der Waals surface area (Å²) in [4.78, 5) is 0. The van der Waals surface area contributed by atoms with E-state index in [-0.39, 0.29) is 12.6 Å². The molecule has 9 rings (SSSR count). The van der Waals surface area contributed by atoms with Gasteiger partial charge in [0, 0.05) is 22.3 Å². The molecule has 1 aromatic heterocycles. The van der Waals surface area contributed by atoms with E-state index < -0.39 is 0 Å². The molecule has 0 amide bonds. The van der Waals surface area contributed by atoms with Gasteiger partial charge in [-0.25, -0.2) is 0 Å². The zero-order valence-electron chi connectivity index (χ0n) is 22.3. The molecular weight excluding hydrogens is 481 g/mol. The van der Waals surface area contributed by atoms with Gasteiger partial charge in [-0.15, -0.1) is 0 Å². The van der Waals surface area contributed by atoms with Crippen LogP contribution in [-0.4, -0.2) is 11.3 Å². The van der Waals surface area contributed by atoms with E-state index >= 15 is 0 Å². The van der Waals surface area contributed by atoms with Crippen molar-refractivity contribution >= 4 is 44.9 Å². The molecule has 0 saturated carbocycles. The Morgan fingerprint density at radius 1 is 0.550 bits per heavy atom. The van der Waals surface area contributed by atoms with Crippen molar-refractivity contribution in [3.05, 3.63) is 156 Å². The monoisotopic (exact) mass is 507 g/mol. The summed E-state index contributed by atoms with van der Waals surface area (Å²) in [6.07, 6.45) is 0. The Bertz CT molecular complexity index is 2080. The van der Waals surface area contributed by atoms with E-state index in [4.69, 9.17) is 0 Å².